The van der Waals surface area contributed by atoms with Crippen LogP contribution in [0.4, 0.5) is 15.8 Å². The molecule has 4 aromatic rings. The highest BCUT2D eigenvalue weighted by molar-refractivity contribution is 7.07. The molecule has 0 aliphatic rings. The molecular weight excluding hydrogens is 413 g/mol. The number of benzene rings is 3. The van der Waals surface area contributed by atoms with Crippen LogP contribution in [0, 0.1) is 15.9 Å². The first-order valence-electron chi connectivity index (χ1n) is 9.89. The van der Waals surface area contributed by atoms with E-state index >= 15 is 0 Å². The Hall–Kier alpha value is -3.58. The van der Waals surface area contributed by atoms with Crippen LogP contribution in [0.3, 0.4) is 0 Å². The zero-order valence-corrected chi connectivity index (χ0v) is 17.5. The lowest BCUT2D eigenvalue weighted by Gasteiger charge is -2.10. The molecule has 4 rings (SSSR count). The van der Waals surface area contributed by atoms with E-state index in [0.717, 1.165) is 12.8 Å². The van der Waals surface area contributed by atoms with Gasteiger partial charge in [0.1, 0.15) is 11.5 Å². The summed E-state index contributed by atoms with van der Waals surface area (Å²) in [5.41, 5.74) is 2.66. The molecule has 0 atom stereocenters. The molecule has 1 heterocycles. The summed E-state index contributed by atoms with van der Waals surface area (Å²) in [5, 5.41) is 13.2. The molecule has 0 saturated heterocycles. The van der Waals surface area contributed by atoms with Crippen LogP contribution in [-0.4, -0.2) is 9.49 Å². The summed E-state index contributed by atoms with van der Waals surface area (Å²) < 4.78 is 16.5. The Labute approximate surface area is 182 Å². The van der Waals surface area contributed by atoms with Gasteiger partial charge in [0.15, 0.2) is 4.80 Å². The van der Waals surface area contributed by atoms with Crippen molar-refractivity contribution in [3.05, 3.63) is 111 Å². The average Bonchev–Trinajstić information content (AvgIpc) is 3.17. The maximum atomic E-state index is 14.5. The molecule has 0 aliphatic heterocycles. The largest absolute Gasteiger partial charge is 0.316 e. The van der Waals surface area contributed by atoms with Crippen LogP contribution in [0.1, 0.15) is 12.0 Å². The highest BCUT2D eigenvalue weighted by atomic mass is 32.1. The van der Waals surface area contributed by atoms with Crippen LogP contribution < -0.4 is 4.80 Å². The number of nitrogens with zero attached hydrogens (tertiary/aromatic N) is 3. The van der Waals surface area contributed by atoms with Crippen molar-refractivity contribution in [1.82, 2.24) is 4.57 Å². The SMILES string of the molecule is O=[N+]([O-])c1ccccc1N=c1scc(-c2ccccc2F)n1CCCc1ccccc1. The van der Waals surface area contributed by atoms with E-state index < -0.39 is 4.92 Å². The number of nitro groups is 1. The van der Waals surface area contributed by atoms with Crippen molar-refractivity contribution < 1.29 is 9.31 Å². The van der Waals surface area contributed by atoms with E-state index in [1.807, 2.05) is 28.1 Å². The molecule has 0 unspecified atom stereocenters. The smallest absolute Gasteiger partial charge is 0.294 e. The van der Waals surface area contributed by atoms with Crippen molar-refractivity contribution in [2.45, 2.75) is 19.4 Å². The lowest BCUT2D eigenvalue weighted by molar-refractivity contribution is -0.384. The van der Waals surface area contributed by atoms with Gasteiger partial charge < -0.3 is 4.57 Å². The molecule has 0 amide bonds. The minimum atomic E-state index is -0.441. The van der Waals surface area contributed by atoms with E-state index in [0.29, 0.717) is 22.6 Å². The van der Waals surface area contributed by atoms with E-state index in [4.69, 9.17) is 0 Å². The summed E-state index contributed by atoms with van der Waals surface area (Å²) in [5.74, 6) is -0.311. The molecule has 0 aliphatic carbocycles. The Morgan fingerprint density at radius 3 is 2.45 bits per heavy atom. The normalized spacial score (nSPS) is 11.6. The molecule has 0 saturated carbocycles. The van der Waals surface area contributed by atoms with Crippen molar-refractivity contribution in [3.63, 3.8) is 0 Å². The third-order valence-electron chi connectivity index (χ3n) is 4.93. The minimum Gasteiger partial charge on any atom is -0.316 e. The fourth-order valence-corrected chi connectivity index (χ4v) is 4.36. The second kappa shape index (κ2) is 9.49. The predicted octanol–water partition coefficient (Wildman–Crippen LogP) is 6.13. The molecule has 0 spiro atoms. The van der Waals surface area contributed by atoms with Gasteiger partial charge >= 0.3 is 0 Å². The Bertz CT molecular complexity index is 1270. The Balaban J connectivity index is 1.75. The molecular formula is C24H20FN3O2S. The van der Waals surface area contributed by atoms with Crippen molar-refractivity contribution in [2.75, 3.05) is 0 Å². The van der Waals surface area contributed by atoms with Crippen molar-refractivity contribution >= 4 is 22.7 Å². The number of aromatic nitrogens is 1. The number of hydrogen-bond acceptors (Lipinski definition) is 4. The van der Waals surface area contributed by atoms with E-state index in [1.54, 1.807) is 36.4 Å². The second-order valence-corrected chi connectivity index (χ2v) is 7.82. The monoisotopic (exact) mass is 433 g/mol. The summed E-state index contributed by atoms with van der Waals surface area (Å²) in [6.07, 6.45) is 1.69. The van der Waals surface area contributed by atoms with Gasteiger partial charge in [0.2, 0.25) is 0 Å². The summed E-state index contributed by atoms with van der Waals surface area (Å²) in [7, 11) is 0. The zero-order chi connectivity index (χ0) is 21.6. The van der Waals surface area contributed by atoms with Crippen LogP contribution in [0.5, 0.6) is 0 Å². The fourth-order valence-electron chi connectivity index (χ4n) is 3.42. The maximum absolute atomic E-state index is 14.5. The van der Waals surface area contributed by atoms with Crippen LogP contribution in [0.2, 0.25) is 0 Å². The van der Waals surface area contributed by atoms with Gasteiger partial charge in [-0.1, -0.05) is 54.6 Å². The quantitative estimate of drug-likeness (QED) is 0.260. The van der Waals surface area contributed by atoms with E-state index in [1.165, 1.54) is 29.0 Å². The molecule has 5 nitrogen and oxygen atoms in total. The average molecular weight is 434 g/mol. The van der Waals surface area contributed by atoms with E-state index in [-0.39, 0.29) is 17.2 Å². The van der Waals surface area contributed by atoms with Gasteiger partial charge in [-0.3, -0.25) is 10.1 Å². The van der Waals surface area contributed by atoms with Gasteiger partial charge in [-0.15, -0.1) is 11.3 Å². The Kier molecular flexibility index (Phi) is 6.33. The Morgan fingerprint density at radius 1 is 0.968 bits per heavy atom. The topological polar surface area (TPSA) is 60.4 Å². The second-order valence-electron chi connectivity index (χ2n) is 6.98. The van der Waals surface area contributed by atoms with Crippen LogP contribution >= 0.6 is 11.3 Å². The molecule has 0 fully saturated rings. The third-order valence-corrected chi connectivity index (χ3v) is 5.80. The van der Waals surface area contributed by atoms with Gasteiger partial charge in [0, 0.05) is 23.6 Å². The van der Waals surface area contributed by atoms with Crippen LogP contribution in [-0.2, 0) is 13.0 Å². The van der Waals surface area contributed by atoms with Crippen molar-refractivity contribution in [1.29, 1.82) is 0 Å². The standard InChI is InChI=1S/C24H20FN3O2S/c25-20-13-5-4-12-19(20)23-17-31-24(26-21-14-6-7-15-22(21)28(29)30)27(23)16-8-11-18-9-2-1-3-10-18/h1-7,9-10,12-15,17H,8,11,16H2. The van der Waals surface area contributed by atoms with Gasteiger partial charge in [0.05, 0.1) is 10.6 Å². The van der Waals surface area contributed by atoms with Crippen molar-refractivity contribution in [3.8, 4) is 11.3 Å². The number of thiazole rings is 1. The number of halogens is 1. The van der Waals surface area contributed by atoms with Crippen molar-refractivity contribution in [2.24, 2.45) is 4.99 Å². The molecule has 156 valence electrons. The van der Waals surface area contributed by atoms with E-state index in [2.05, 4.69) is 17.1 Å². The first-order valence-corrected chi connectivity index (χ1v) is 10.8. The molecule has 0 radical (unpaired) electrons. The maximum Gasteiger partial charge on any atom is 0.294 e. The summed E-state index contributed by atoms with van der Waals surface area (Å²) in [6, 6.07) is 23.2. The van der Waals surface area contributed by atoms with Gasteiger partial charge in [-0.25, -0.2) is 9.38 Å². The molecule has 0 N–H and O–H groups in total. The lowest BCUT2D eigenvalue weighted by atomic mass is 10.1. The predicted molar refractivity (Wildman–Crippen MR) is 121 cm³/mol. The number of nitro benzene ring substituents is 1. The van der Waals surface area contributed by atoms with E-state index in [9.17, 15) is 14.5 Å². The minimum absolute atomic E-state index is 0.0563. The van der Waals surface area contributed by atoms with Crippen LogP contribution in [0.25, 0.3) is 11.3 Å². The number of para-hydroxylation sites is 2. The van der Waals surface area contributed by atoms with Gasteiger partial charge in [-0.2, -0.15) is 0 Å². The summed E-state index contributed by atoms with van der Waals surface area (Å²) in [6.45, 7) is 0.613. The molecule has 0 bridgehead atoms. The highest BCUT2D eigenvalue weighted by Crippen LogP contribution is 2.27. The van der Waals surface area contributed by atoms with Crippen LogP contribution in [0.15, 0.2) is 89.2 Å². The number of hydrogen-bond donors (Lipinski definition) is 0. The third kappa shape index (κ3) is 4.78. The lowest BCUT2D eigenvalue weighted by Crippen LogP contribution is -2.17. The Morgan fingerprint density at radius 2 is 1.68 bits per heavy atom. The first kappa shape index (κ1) is 20.7. The fraction of sp³-hybridized carbons (Fsp3) is 0.125. The highest BCUT2D eigenvalue weighted by Gasteiger charge is 2.15. The molecule has 31 heavy (non-hydrogen) atoms. The summed E-state index contributed by atoms with van der Waals surface area (Å²) >= 11 is 1.35. The number of aryl methyl sites for hydroxylation is 1. The molecule has 7 heteroatoms. The van der Waals surface area contributed by atoms with Gasteiger partial charge in [0.25, 0.3) is 5.69 Å². The summed E-state index contributed by atoms with van der Waals surface area (Å²) in [4.78, 5) is 16.1. The number of rotatable bonds is 7. The molecule has 1 aromatic heterocycles. The molecule has 3 aromatic carbocycles. The first-order chi connectivity index (χ1) is 15.1. The zero-order valence-electron chi connectivity index (χ0n) is 16.6. The van der Waals surface area contributed by atoms with Gasteiger partial charge in [-0.05, 0) is 36.6 Å².